The Bertz CT molecular complexity index is 1080. The zero-order valence-corrected chi connectivity index (χ0v) is 18.3. The van der Waals surface area contributed by atoms with Crippen molar-refractivity contribution in [3.05, 3.63) is 83.4 Å². The summed E-state index contributed by atoms with van der Waals surface area (Å²) in [7, 11) is 0. The first-order valence-corrected chi connectivity index (χ1v) is 10.8. The second-order valence-corrected chi connectivity index (χ2v) is 8.50. The highest BCUT2D eigenvalue weighted by atomic mass is 19.1. The van der Waals surface area contributed by atoms with Crippen molar-refractivity contribution in [1.82, 2.24) is 19.7 Å². The van der Waals surface area contributed by atoms with Gasteiger partial charge in [0.05, 0.1) is 12.1 Å². The van der Waals surface area contributed by atoms with Gasteiger partial charge in [0.1, 0.15) is 36.0 Å². The summed E-state index contributed by atoms with van der Waals surface area (Å²) in [6.07, 6.45) is 3.70. The van der Waals surface area contributed by atoms with E-state index in [0.717, 1.165) is 17.7 Å². The Labute approximate surface area is 190 Å². The average Bonchev–Trinajstić information content (AvgIpc) is 3.28. The van der Waals surface area contributed by atoms with Gasteiger partial charge in [-0.1, -0.05) is 23.8 Å². The fourth-order valence-electron chi connectivity index (χ4n) is 4.13. The number of rotatable bonds is 7. The molecule has 9 heteroatoms. The van der Waals surface area contributed by atoms with Gasteiger partial charge in [0.25, 0.3) is 0 Å². The smallest absolute Gasteiger partial charge is 0.338 e. The lowest BCUT2D eigenvalue weighted by atomic mass is 9.91. The minimum Gasteiger partial charge on any atom is -0.459 e. The second-order valence-electron chi connectivity index (χ2n) is 8.50. The quantitative estimate of drug-likeness (QED) is 0.551. The summed E-state index contributed by atoms with van der Waals surface area (Å²) in [6.45, 7) is 3.11. The molecule has 0 aliphatic carbocycles. The summed E-state index contributed by atoms with van der Waals surface area (Å²) in [5.41, 5.74) is -0.0863. The van der Waals surface area contributed by atoms with Gasteiger partial charge in [0.2, 0.25) is 0 Å². The summed E-state index contributed by atoms with van der Waals surface area (Å²) < 4.78 is 35.1. The number of aromatic nitrogens is 3. The number of benzene rings is 2. The molecule has 0 radical (unpaired) electrons. The van der Waals surface area contributed by atoms with Gasteiger partial charge in [-0.05, 0) is 38.0 Å². The Kier molecular flexibility index (Phi) is 6.80. The van der Waals surface area contributed by atoms with Crippen molar-refractivity contribution >= 4 is 5.97 Å². The van der Waals surface area contributed by atoms with E-state index in [9.17, 15) is 18.7 Å². The molecule has 2 heterocycles. The van der Waals surface area contributed by atoms with Crippen LogP contribution in [-0.2, 0) is 16.9 Å². The molecule has 0 saturated carbocycles. The summed E-state index contributed by atoms with van der Waals surface area (Å²) in [6, 6.07) is 10.4. The number of esters is 1. The SMILES string of the molecule is Cc1ccc(C(=O)OC2CCN(CC(O)(Cn3cncn3)c3ccc(F)cc3F)CC2)cc1. The van der Waals surface area contributed by atoms with Crippen LogP contribution in [0, 0.1) is 18.6 Å². The van der Waals surface area contributed by atoms with E-state index < -0.39 is 17.2 Å². The average molecular weight is 456 g/mol. The van der Waals surface area contributed by atoms with Crippen molar-refractivity contribution in [3.8, 4) is 0 Å². The molecule has 33 heavy (non-hydrogen) atoms. The molecule has 1 fully saturated rings. The Hall–Kier alpha value is -3.17. The van der Waals surface area contributed by atoms with Crippen LogP contribution in [0.3, 0.4) is 0 Å². The molecule has 174 valence electrons. The molecule has 3 aromatic rings. The van der Waals surface area contributed by atoms with E-state index in [0.29, 0.717) is 31.5 Å². The van der Waals surface area contributed by atoms with Gasteiger partial charge in [0.15, 0.2) is 0 Å². The molecule has 0 spiro atoms. The molecule has 4 rings (SSSR count). The van der Waals surface area contributed by atoms with E-state index in [2.05, 4.69) is 10.1 Å². The lowest BCUT2D eigenvalue weighted by Crippen LogP contribution is -2.48. The molecular weight excluding hydrogens is 430 g/mol. The standard InChI is InChI=1S/C24H26F2N4O3/c1-17-2-4-18(5-3-17)23(31)33-20-8-10-29(11-9-20)13-24(32,14-30-16-27-15-28-30)21-7-6-19(25)12-22(21)26/h2-7,12,15-16,20,32H,8-11,13-14H2,1H3. The zero-order valence-electron chi connectivity index (χ0n) is 18.3. The molecule has 2 aromatic carbocycles. The number of likely N-dealkylation sites (tertiary alicyclic amines) is 1. The maximum Gasteiger partial charge on any atom is 0.338 e. The van der Waals surface area contributed by atoms with Crippen molar-refractivity contribution in [2.24, 2.45) is 0 Å². The molecule has 0 amide bonds. The number of aliphatic hydroxyl groups is 1. The fraction of sp³-hybridized carbons (Fsp3) is 0.375. The number of carbonyl (C=O) groups excluding carboxylic acids is 1. The minimum absolute atomic E-state index is 0.00711. The fourth-order valence-corrected chi connectivity index (χ4v) is 4.13. The van der Waals surface area contributed by atoms with Gasteiger partial charge >= 0.3 is 5.97 Å². The van der Waals surface area contributed by atoms with Crippen LogP contribution in [0.5, 0.6) is 0 Å². The molecular formula is C24H26F2N4O3. The lowest BCUT2D eigenvalue weighted by molar-refractivity contribution is -0.0396. The van der Waals surface area contributed by atoms with Crippen LogP contribution in [0.15, 0.2) is 55.1 Å². The van der Waals surface area contributed by atoms with E-state index in [-0.39, 0.29) is 30.7 Å². The van der Waals surface area contributed by atoms with E-state index in [1.807, 2.05) is 24.0 Å². The third kappa shape index (κ3) is 5.61. The van der Waals surface area contributed by atoms with E-state index >= 15 is 0 Å². The summed E-state index contributed by atoms with van der Waals surface area (Å²) in [5.74, 6) is -1.89. The molecule has 1 unspecified atom stereocenters. The van der Waals surface area contributed by atoms with Gasteiger partial charge in [-0.3, -0.25) is 4.90 Å². The number of piperidine rings is 1. The van der Waals surface area contributed by atoms with Gasteiger partial charge < -0.3 is 9.84 Å². The number of β-amino-alcohol motifs (C(OH)–C–C–N with tert-alkyl or cyclic N) is 1. The maximum absolute atomic E-state index is 14.6. The highest BCUT2D eigenvalue weighted by Crippen LogP contribution is 2.29. The normalized spacial score (nSPS) is 17.0. The summed E-state index contributed by atoms with van der Waals surface area (Å²) in [4.78, 5) is 18.3. The predicted molar refractivity (Wildman–Crippen MR) is 116 cm³/mol. The van der Waals surface area contributed by atoms with Gasteiger partial charge in [-0.15, -0.1) is 0 Å². The Morgan fingerprint density at radius 3 is 2.52 bits per heavy atom. The minimum atomic E-state index is -1.66. The van der Waals surface area contributed by atoms with Crippen LogP contribution in [0.4, 0.5) is 8.78 Å². The molecule has 7 nitrogen and oxygen atoms in total. The Morgan fingerprint density at radius 2 is 1.88 bits per heavy atom. The van der Waals surface area contributed by atoms with E-state index in [1.54, 1.807) is 12.1 Å². The molecule has 0 bridgehead atoms. The molecule has 1 aliphatic rings. The highest BCUT2D eigenvalue weighted by molar-refractivity contribution is 5.89. The number of hydrogen-bond donors (Lipinski definition) is 1. The first kappa shape index (κ1) is 23.0. The second kappa shape index (κ2) is 9.76. The lowest BCUT2D eigenvalue weighted by Gasteiger charge is -2.38. The third-order valence-corrected chi connectivity index (χ3v) is 5.90. The Balaban J connectivity index is 1.41. The molecule has 1 N–H and O–H groups in total. The summed E-state index contributed by atoms with van der Waals surface area (Å²) >= 11 is 0. The number of aryl methyl sites for hydroxylation is 1. The van der Waals surface area contributed by atoms with Crippen LogP contribution in [0.1, 0.15) is 34.3 Å². The molecule has 1 atom stereocenters. The number of nitrogens with zero attached hydrogens (tertiary/aromatic N) is 4. The van der Waals surface area contributed by atoms with E-state index in [1.165, 1.54) is 23.4 Å². The molecule has 1 saturated heterocycles. The van der Waals surface area contributed by atoms with Crippen LogP contribution in [-0.4, -0.2) is 56.5 Å². The first-order valence-electron chi connectivity index (χ1n) is 10.8. The van der Waals surface area contributed by atoms with Crippen molar-refractivity contribution in [3.63, 3.8) is 0 Å². The van der Waals surface area contributed by atoms with Crippen LogP contribution >= 0.6 is 0 Å². The van der Waals surface area contributed by atoms with Crippen molar-refractivity contribution < 1.29 is 23.4 Å². The van der Waals surface area contributed by atoms with E-state index in [4.69, 9.17) is 4.74 Å². The van der Waals surface area contributed by atoms with Crippen molar-refractivity contribution in [1.29, 1.82) is 0 Å². The van der Waals surface area contributed by atoms with Crippen LogP contribution in [0.25, 0.3) is 0 Å². The van der Waals surface area contributed by atoms with Gasteiger partial charge in [0, 0.05) is 31.3 Å². The Morgan fingerprint density at radius 1 is 1.15 bits per heavy atom. The third-order valence-electron chi connectivity index (χ3n) is 5.90. The number of carbonyl (C=O) groups is 1. The van der Waals surface area contributed by atoms with Crippen molar-refractivity contribution in [2.75, 3.05) is 19.6 Å². The topological polar surface area (TPSA) is 80.5 Å². The molecule has 1 aromatic heterocycles. The monoisotopic (exact) mass is 456 g/mol. The predicted octanol–water partition coefficient (Wildman–Crippen LogP) is 3.07. The number of halogens is 2. The highest BCUT2D eigenvalue weighted by Gasteiger charge is 2.37. The number of ether oxygens (including phenoxy) is 1. The summed E-state index contributed by atoms with van der Waals surface area (Å²) in [5, 5.41) is 15.5. The van der Waals surface area contributed by atoms with Gasteiger partial charge in [-0.2, -0.15) is 5.10 Å². The van der Waals surface area contributed by atoms with Crippen molar-refractivity contribution in [2.45, 2.75) is 38.0 Å². The molecule has 1 aliphatic heterocycles. The zero-order chi connectivity index (χ0) is 23.4. The number of hydrogen-bond acceptors (Lipinski definition) is 6. The van der Waals surface area contributed by atoms with Crippen LogP contribution < -0.4 is 0 Å². The first-order chi connectivity index (χ1) is 15.8. The maximum atomic E-state index is 14.6. The van der Waals surface area contributed by atoms with Gasteiger partial charge in [-0.25, -0.2) is 23.2 Å². The largest absolute Gasteiger partial charge is 0.459 e. The van der Waals surface area contributed by atoms with Crippen LogP contribution in [0.2, 0.25) is 0 Å².